The van der Waals surface area contributed by atoms with Gasteiger partial charge >= 0.3 is 12.4 Å². The molecule has 0 fully saturated rings. The van der Waals surface area contributed by atoms with Gasteiger partial charge in [0.2, 0.25) is 0 Å². The van der Waals surface area contributed by atoms with Crippen LogP contribution in [0, 0.1) is 0 Å². The summed E-state index contributed by atoms with van der Waals surface area (Å²) in [4.78, 5) is 11.1. The smallest absolute Gasteiger partial charge is 0.385 e. The quantitative estimate of drug-likeness (QED) is 0.202. The van der Waals surface area contributed by atoms with Crippen LogP contribution in [0.25, 0.3) is 0 Å². The third-order valence-corrected chi connectivity index (χ3v) is 5.59. The van der Waals surface area contributed by atoms with Gasteiger partial charge in [0.05, 0.1) is 5.71 Å². The Labute approximate surface area is 218 Å². The lowest BCUT2D eigenvalue weighted by Gasteiger charge is -2.21. The number of hydrogen-bond donors (Lipinski definition) is 3. The third-order valence-electron chi connectivity index (χ3n) is 5.59. The molecule has 4 N–H and O–H groups in total. The predicted molar refractivity (Wildman–Crippen MR) is 131 cm³/mol. The van der Waals surface area contributed by atoms with E-state index in [0.29, 0.717) is 23.3 Å². The molecule has 2 unspecified atom stereocenters. The number of nitrogens with two attached hydrogens (primary N) is 1. The van der Waals surface area contributed by atoms with Crippen LogP contribution < -0.4 is 5.73 Å². The van der Waals surface area contributed by atoms with E-state index >= 15 is 0 Å². The van der Waals surface area contributed by atoms with E-state index in [-0.39, 0.29) is 5.71 Å². The second kappa shape index (κ2) is 10.8. The summed E-state index contributed by atoms with van der Waals surface area (Å²) in [6.45, 7) is 0. The number of anilines is 1. The lowest BCUT2D eigenvalue weighted by molar-refractivity contribution is -0.142. The molecule has 0 radical (unpaired) electrons. The normalized spacial score (nSPS) is 13.5. The Morgan fingerprint density at radius 3 is 1.56 bits per heavy atom. The fourth-order valence-corrected chi connectivity index (χ4v) is 3.77. The number of pyridine rings is 2. The molecule has 202 valence electrons. The molecule has 0 amide bonds. The van der Waals surface area contributed by atoms with E-state index in [9.17, 15) is 36.6 Å². The molecule has 2 aromatic carbocycles. The van der Waals surface area contributed by atoms with Gasteiger partial charge in [-0.1, -0.05) is 60.7 Å². The molecule has 0 bridgehead atoms. The van der Waals surface area contributed by atoms with Gasteiger partial charge in [0, 0.05) is 11.1 Å². The Hall–Kier alpha value is -4.29. The van der Waals surface area contributed by atoms with E-state index in [1.807, 2.05) is 0 Å². The van der Waals surface area contributed by atoms with Crippen molar-refractivity contribution in [3.63, 3.8) is 0 Å². The minimum atomic E-state index is -4.96. The van der Waals surface area contributed by atoms with Crippen LogP contribution in [0.3, 0.4) is 0 Å². The Bertz CT molecular complexity index is 1430. The van der Waals surface area contributed by atoms with Gasteiger partial charge in [0.15, 0.2) is 5.82 Å². The standard InChI is InChI=1S/C27H20F6N4O2/c28-26(29,30)19-11-17(13-21(34)35-19)24(38)25(39)18-12-20(27(31,32)33)36-22(14-18)37-23(15-7-3-1-4-8-15)16-9-5-2-6-10-16/h1-14,24-25,38-39H,(H2,34,35). The Kier molecular flexibility index (Phi) is 7.70. The van der Waals surface area contributed by atoms with Crippen LogP contribution in [0.1, 0.15) is 45.8 Å². The summed E-state index contributed by atoms with van der Waals surface area (Å²) < 4.78 is 80.7. The number of nitrogen functional groups attached to an aromatic ring is 1. The first-order chi connectivity index (χ1) is 18.3. The van der Waals surface area contributed by atoms with Crippen LogP contribution in [-0.4, -0.2) is 25.9 Å². The van der Waals surface area contributed by atoms with Crippen LogP contribution in [0.2, 0.25) is 0 Å². The molecule has 39 heavy (non-hydrogen) atoms. The first-order valence-corrected chi connectivity index (χ1v) is 11.3. The SMILES string of the molecule is Nc1cc(C(O)C(O)c2cc(N=C(c3ccccc3)c3ccccc3)nc(C(F)(F)F)c2)cc(C(F)(F)F)n1. The summed E-state index contributed by atoms with van der Waals surface area (Å²) in [7, 11) is 0. The van der Waals surface area contributed by atoms with Crippen molar-refractivity contribution in [3.8, 4) is 0 Å². The topological polar surface area (TPSA) is 105 Å². The number of aromatic nitrogens is 2. The Morgan fingerprint density at radius 2 is 1.10 bits per heavy atom. The molecule has 0 spiro atoms. The lowest BCUT2D eigenvalue weighted by Crippen LogP contribution is -2.16. The van der Waals surface area contributed by atoms with Crippen LogP contribution in [0.5, 0.6) is 0 Å². The van der Waals surface area contributed by atoms with Crippen LogP contribution in [0.4, 0.5) is 38.0 Å². The predicted octanol–water partition coefficient (Wildman–Crippen LogP) is 6.03. The molecular weight excluding hydrogens is 526 g/mol. The van der Waals surface area contributed by atoms with Gasteiger partial charge in [0.25, 0.3) is 0 Å². The number of hydrogen-bond acceptors (Lipinski definition) is 6. The first-order valence-electron chi connectivity index (χ1n) is 11.3. The highest BCUT2D eigenvalue weighted by Gasteiger charge is 2.36. The molecule has 0 aliphatic carbocycles. The van der Waals surface area contributed by atoms with E-state index in [0.717, 1.165) is 12.1 Å². The van der Waals surface area contributed by atoms with Crippen LogP contribution in [0.15, 0.2) is 89.9 Å². The zero-order chi connectivity index (χ0) is 28.4. The highest BCUT2D eigenvalue weighted by molar-refractivity contribution is 6.13. The summed E-state index contributed by atoms with van der Waals surface area (Å²) in [5, 5.41) is 21.4. The van der Waals surface area contributed by atoms with Gasteiger partial charge in [-0.05, 0) is 35.4 Å². The fourth-order valence-electron chi connectivity index (χ4n) is 3.77. The first kappa shape index (κ1) is 27.7. The summed E-state index contributed by atoms with van der Waals surface area (Å²) in [6.07, 6.45) is -14.1. The van der Waals surface area contributed by atoms with Gasteiger partial charge in [0.1, 0.15) is 29.4 Å². The third kappa shape index (κ3) is 6.59. The number of aliphatic hydroxyl groups is 2. The largest absolute Gasteiger partial charge is 0.433 e. The number of aliphatic imine (C=N–C) groups is 1. The molecule has 4 aromatic rings. The van der Waals surface area contributed by atoms with Gasteiger partial charge in [-0.15, -0.1) is 0 Å². The zero-order valence-electron chi connectivity index (χ0n) is 19.8. The maximum absolute atomic E-state index is 13.8. The fraction of sp³-hybridized carbons (Fsp3) is 0.148. The van der Waals surface area contributed by atoms with E-state index in [2.05, 4.69) is 15.0 Å². The number of benzene rings is 2. The summed E-state index contributed by atoms with van der Waals surface area (Å²) in [5.74, 6) is -1.04. The van der Waals surface area contributed by atoms with E-state index in [1.54, 1.807) is 60.7 Å². The number of alkyl halides is 6. The molecule has 0 saturated carbocycles. The van der Waals surface area contributed by atoms with Gasteiger partial charge in [-0.2, -0.15) is 26.3 Å². The number of aliphatic hydroxyl groups excluding tert-OH is 2. The summed E-state index contributed by atoms with van der Waals surface area (Å²) >= 11 is 0. The summed E-state index contributed by atoms with van der Waals surface area (Å²) in [5.41, 5.74) is 3.01. The zero-order valence-corrected chi connectivity index (χ0v) is 19.8. The molecule has 6 nitrogen and oxygen atoms in total. The Balaban J connectivity index is 1.83. The van der Waals surface area contributed by atoms with Crippen LogP contribution >= 0.6 is 0 Å². The average molecular weight is 546 g/mol. The van der Waals surface area contributed by atoms with Gasteiger partial charge in [-0.3, -0.25) is 0 Å². The van der Waals surface area contributed by atoms with Gasteiger partial charge in [-0.25, -0.2) is 15.0 Å². The average Bonchev–Trinajstić information content (AvgIpc) is 2.90. The molecule has 2 aromatic heterocycles. The number of rotatable bonds is 6. The molecule has 0 saturated heterocycles. The highest BCUT2D eigenvalue weighted by Crippen LogP contribution is 2.37. The van der Waals surface area contributed by atoms with E-state index in [4.69, 9.17) is 5.73 Å². The van der Waals surface area contributed by atoms with Crippen molar-refractivity contribution >= 4 is 17.3 Å². The van der Waals surface area contributed by atoms with Gasteiger partial charge < -0.3 is 15.9 Å². The minimum Gasteiger partial charge on any atom is -0.385 e. The highest BCUT2D eigenvalue weighted by atomic mass is 19.4. The van der Waals surface area contributed by atoms with Crippen molar-refractivity contribution < 1.29 is 36.6 Å². The van der Waals surface area contributed by atoms with Crippen molar-refractivity contribution in [2.75, 3.05) is 5.73 Å². The molecule has 4 rings (SSSR count). The van der Waals surface area contributed by atoms with Crippen molar-refractivity contribution in [2.45, 2.75) is 24.6 Å². The van der Waals surface area contributed by atoms with Crippen molar-refractivity contribution in [1.82, 2.24) is 9.97 Å². The summed E-state index contributed by atoms with van der Waals surface area (Å²) in [6, 6.07) is 20.0. The van der Waals surface area contributed by atoms with Crippen molar-refractivity contribution in [1.29, 1.82) is 0 Å². The number of nitrogens with zero attached hydrogens (tertiary/aromatic N) is 3. The second-order valence-corrected chi connectivity index (χ2v) is 8.43. The number of halogens is 6. The van der Waals surface area contributed by atoms with E-state index in [1.165, 1.54) is 0 Å². The maximum atomic E-state index is 13.8. The molecule has 12 heteroatoms. The van der Waals surface area contributed by atoms with Crippen LogP contribution in [-0.2, 0) is 12.4 Å². The van der Waals surface area contributed by atoms with Crippen molar-refractivity contribution in [3.05, 3.63) is 119 Å². The Morgan fingerprint density at radius 1 is 0.667 bits per heavy atom. The molecule has 0 aliphatic heterocycles. The van der Waals surface area contributed by atoms with E-state index < -0.39 is 58.7 Å². The molecular formula is C27H20F6N4O2. The maximum Gasteiger partial charge on any atom is 0.433 e. The van der Waals surface area contributed by atoms with Crippen molar-refractivity contribution in [2.24, 2.45) is 4.99 Å². The lowest BCUT2D eigenvalue weighted by atomic mass is 9.97. The monoisotopic (exact) mass is 546 g/mol. The second-order valence-electron chi connectivity index (χ2n) is 8.43. The minimum absolute atomic E-state index is 0.278. The molecule has 2 heterocycles. The molecule has 2 atom stereocenters. The molecule has 0 aliphatic rings.